The van der Waals surface area contributed by atoms with E-state index in [1.54, 1.807) is 12.1 Å². The molecule has 1 aromatic heterocycles. The number of rotatable bonds is 4. The van der Waals surface area contributed by atoms with Crippen molar-refractivity contribution in [3.05, 3.63) is 45.3 Å². The number of hydrogen-bond donors (Lipinski definition) is 2. The molecule has 1 amide bonds. The smallest absolute Gasteiger partial charge is 0.266 e. The van der Waals surface area contributed by atoms with E-state index in [0.29, 0.717) is 21.9 Å². The molecule has 0 radical (unpaired) electrons. The van der Waals surface area contributed by atoms with Crippen LogP contribution >= 0.6 is 11.3 Å². The largest absolute Gasteiger partial charge is 0.504 e. The number of benzene rings is 1. The number of carbonyl (C=O) groups is 1. The predicted octanol–water partition coefficient (Wildman–Crippen LogP) is 3.76. The molecule has 6 nitrogen and oxygen atoms in total. The molecule has 7 heteroatoms. The van der Waals surface area contributed by atoms with Crippen LogP contribution in [0.3, 0.4) is 0 Å². The second-order valence-electron chi connectivity index (χ2n) is 6.08. The average molecular weight is 379 g/mol. The molecule has 2 aromatic rings. The van der Waals surface area contributed by atoms with Gasteiger partial charge in [-0.2, -0.15) is 10.5 Å². The molecule has 0 saturated heterocycles. The lowest BCUT2D eigenvalue weighted by molar-refractivity contribution is -0.112. The number of nitrogens with one attached hydrogen (secondary N) is 1. The number of thiophene rings is 1. The second kappa shape index (κ2) is 7.94. The van der Waals surface area contributed by atoms with Crippen LogP contribution in [0.1, 0.15) is 34.4 Å². The fourth-order valence-electron chi connectivity index (χ4n) is 3.05. The number of carbonyl (C=O) groups excluding carboxylic acids is 1. The van der Waals surface area contributed by atoms with Gasteiger partial charge in [-0.3, -0.25) is 4.79 Å². The average Bonchev–Trinajstić information content (AvgIpc) is 3.02. The van der Waals surface area contributed by atoms with E-state index >= 15 is 0 Å². The van der Waals surface area contributed by atoms with Crippen molar-refractivity contribution in [3.8, 4) is 23.6 Å². The van der Waals surface area contributed by atoms with Crippen molar-refractivity contribution in [1.82, 2.24) is 0 Å². The van der Waals surface area contributed by atoms with Crippen molar-refractivity contribution >= 4 is 28.3 Å². The monoisotopic (exact) mass is 379 g/mol. The number of amides is 1. The summed E-state index contributed by atoms with van der Waals surface area (Å²) < 4.78 is 4.98. The highest BCUT2D eigenvalue weighted by Gasteiger charge is 2.22. The molecule has 2 N–H and O–H groups in total. The van der Waals surface area contributed by atoms with Gasteiger partial charge in [0.05, 0.1) is 12.7 Å². The number of nitrogens with zero attached hydrogens (tertiary/aromatic N) is 2. The summed E-state index contributed by atoms with van der Waals surface area (Å²) in [4.78, 5) is 13.7. The summed E-state index contributed by atoms with van der Waals surface area (Å²) in [5, 5.41) is 31.9. The minimum absolute atomic E-state index is 0.0818. The summed E-state index contributed by atoms with van der Waals surface area (Å²) in [7, 11) is 1.44. The minimum Gasteiger partial charge on any atom is -0.504 e. The maximum Gasteiger partial charge on any atom is 0.266 e. The lowest BCUT2D eigenvalue weighted by Gasteiger charge is -2.09. The molecule has 1 heterocycles. The first-order chi connectivity index (χ1) is 13.1. The Balaban J connectivity index is 1.86. The number of aryl methyl sites for hydroxylation is 1. The molecule has 0 bridgehead atoms. The molecule has 136 valence electrons. The van der Waals surface area contributed by atoms with Crippen LogP contribution in [-0.4, -0.2) is 18.1 Å². The van der Waals surface area contributed by atoms with Gasteiger partial charge in [0, 0.05) is 4.88 Å². The van der Waals surface area contributed by atoms with Crippen LogP contribution < -0.4 is 10.1 Å². The summed E-state index contributed by atoms with van der Waals surface area (Å²) in [5.74, 6) is -0.359. The lowest BCUT2D eigenvalue weighted by atomic mass is 9.96. The number of anilines is 1. The number of nitriles is 2. The molecular weight excluding hydrogens is 362 g/mol. The van der Waals surface area contributed by atoms with Crippen LogP contribution in [-0.2, 0) is 17.6 Å². The summed E-state index contributed by atoms with van der Waals surface area (Å²) >= 11 is 1.41. The van der Waals surface area contributed by atoms with Crippen molar-refractivity contribution < 1.29 is 14.6 Å². The minimum atomic E-state index is -0.581. The highest BCUT2D eigenvalue weighted by molar-refractivity contribution is 7.16. The van der Waals surface area contributed by atoms with E-state index in [2.05, 4.69) is 11.4 Å². The Labute approximate surface area is 160 Å². The van der Waals surface area contributed by atoms with Crippen LogP contribution in [0.2, 0.25) is 0 Å². The molecule has 0 unspecified atom stereocenters. The third kappa shape index (κ3) is 3.79. The third-order valence-electron chi connectivity index (χ3n) is 4.39. The van der Waals surface area contributed by atoms with Gasteiger partial charge in [-0.15, -0.1) is 11.3 Å². The van der Waals surface area contributed by atoms with Crippen molar-refractivity contribution in [2.24, 2.45) is 0 Å². The summed E-state index contributed by atoms with van der Waals surface area (Å²) in [6.45, 7) is 0. The molecule has 1 aliphatic carbocycles. The first kappa shape index (κ1) is 18.5. The fourth-order valence-corrected chi connectivity index (χ4v) is 4.29. The summed E-state index contributed by atoms with van der Waals surface area (Å²) in [6.07, 6.45) is 5.26. The zero-order valence-corrected chi connectivity index (χ0v) is 15.5. The van der Waals surface area contributed by atoms with E-state index in [-0.39, 0.29) is 11.3 Å². The molecule has 1 aromatic carbocycles. The van der Waals surface area contributed by atoms with Gasteiger partial charge in [0.1, 0.15) is 22.7 Å². The second-order valence-corrected chi connectivity index (χ2v) is 7.19. The summed E-state index contributed by atoms with van der Waals surface area (Å²) in [5.41, 5.74) is 1.90. The quantitative estimate of drug-likeness (QED) is 0.621. The fraction of sp³-hybridized carbons (Fsp3) is 0.250. The predicted molar refractivity (Wildman–Crippen MR) is 103 cm³/mol. The standard InChI is InChI=1S/C20H17N3O3S/c1-26-17-7-6-12(9-16(17)24)8-13(10-21)19(25)23-20-15(11-22)14-4-2-3-5-18(14)27-20/h6-9,24H,2-5H2,1H3,(H,23,25). The zero-order valence-electron chi connectivity index (χ0n) is 14.7. The highest BCUT2D eigenvalue weighted by atomic mass is 32.1. The normalized spacial score (nSPS) is 13.2. The van der Waals surface area contributed by atoms with Crippen LogP contribution in [0.4, 0.5) is 5.00 Å². The maximum atomic E-state index is 12.5. The van der Waals surface area contributed by atoms with Crippen LogP contribution in [0.15, 0.2) is 23.8 Å². The lowest BCUT2D eigenvalue weighted by Crippen LogP contribution is -2.13. The molecular formula is C20H17N3O3S. The molecule has 3 rings (SSSR count). The molecule has 0 fully saturated rings. The van der Waals surface area contributed by atoms with E-state index in [0.717, 1.165) is 36.1 Å². The van der Waals surface area contributed by atoms with Crippen molar-refractivity contribution in [2.45, 2.75) is 25.7 Å². The Kier molecular flexibility index (Phi) is 5.44. The third-order valence-corrected chi connectivity index (χ3v) is 5.60. The molecule has 0 spiro atoms. The van der Waals surface area contributed by atoms with Crippen molar-refractivity contribution in [1.29, 1.82) is 10.5 Å². The van der Waals surface area contributed by atoms with E-state index in [1.165, 1.54) is 30.6 Å². The molecule has 0 saturated carbocycles. The Bertz CT molecular complexity index is 1010. The SMILES string of the molecule is COc1ccc(C=C(C#N)C(=O)Nc2sc3c(c2C#N)CCCC3)cc1O. The molecule has 27 heavy (non-hydrogen) atoms. The summed E-state index contributed by atoms with van der Waals surface area (Å²) in [6, 6.07) is 8.65. The van der Waals surface area contributed by atoms with Gasteiger partial charge in [-0.05, 0) is 55.0 Å². The van der Waals surface area contributed by atoms with Gasteiger partial charge in [0.25, 0.3) is 5.91 Å². The number of aromatic hydroxyl groups is 1. The number of phenolic OH excluding ortho intramolecular Hbond substituents is 1. The van der Waals surface area contributed by atoms with E-state index in [1.807, 2.05) is 6.07 Å². The molecule has 0 atom stereocenters. The number of fused-ring (bicyclic) bond motifs is 1. The number of ether oxygens (including phenoxy) is 1. The van der Waals surface area contributed by atoms with Gasteiger partial charge < -0.3 is 15.2 Å². The number of hydrogen-bond acceptors (Lipinski definition) is 6. The van der Waals surface area contributed by atoms with Crippen molar-refractivity contribution in [2.75, 3.05) is 12.4 Å². The van der Waals surface area contributed by atoms with E-state index in [9.17, 15) is 20.4 Å². The first-order valence-electron chi connectivity index (χ1n) is 8.42. The number of phenols is 1. The van der Waals surface area contributed by atoms with E-state index in [4.69, 9.17) is 4.74 Å². The topological polar surface area (TPSA) is 106 Å². The zero-order chi connectivity index (χ0) is 19.4. The molecule has 0 aliphatic heterocycles. The van der Waals surface area contributed by atoms with E-state index < -0.39 is 5.91 Å². The van der Waals surface area contributed by atoms with Crippen LogP contribution in [0, 0.1) is 22.7 Å². The van der Waals surface area contributed by atoms with Gasteiger partial charge in [0.2, 0.25) is 0 Å². The van der Waals surface area contributed by atoms with Gasteiger partial charge >= 0.3 is 0 Å². The highest BCUT2D eigenvalue weighted by Crippen LogP contribution is 2.37. The Morgan fingerprint density at radius 3 is 2.78 bits per heavy atom. The van der Waals surface area contributed by atoms with Gasteiger partial charge in [-0.25, -0.2) is 0 Å². The Morgan fingerprint density at radius 1 is 1.33 bits per heavy atom. The van der Waals surface area contributed by atoms with Crippen molar-refractivity contribution in [3.63, 3.8) is 0 Å². The van der Waals surface area contributed by atoms with Crippen LogP contribution in [0.5, 0.6) is 11.5 Å². The molecule has 1 aliphatic rings. The maximum absolute atomic E-state index is 12.5. The van der Waals surface area contributed by atoms with Crippen LogP contribution in [0.25, 0.3) is 6.08 Å². The Hall–Kier alpha value is -3.29. The Morgan fingerprint density at radius 2 is 2.11 bits per heavy atom. The van der Waals surface area contributed by atoms with Gasteiger partial charge in [0.15, 0.2) is 11.5 Å². The first-order valence-corrected chi connectivity index (χ1v) is 9.23. The van der Waals surface area contributed by atoms with Gasteiger partial charge in [-0.1, -0.05) is 6.07 Å². The number of methoxy groups -OCH3 is 1.